The molecule has 3 heterocycles. The van der Waals surface area contributed by atoms with Crippen LogP contribution in [0.25, 0.3) is 54.1 Å². The molecule has 42 heavy (non-hydrogen) atoms. The first-order chi connectivity index (χ1) is 20.0. The molecule has 212 valence electrons. The molecule has 0 radical (unpaired) electrons. The van der Waals surface area contributed by atoms with Crippen molar-refractivity contribution in [2.45, 2.75) is 39.4 Å². The van der Waals surface area contributed by atoms with Crippen LogP contribution in [0.15, 0.2) is 73.1 Å². The van der Waals surface area contributed by atoms with Gasteiger partial charge in [0, 0.05) is 45.9 Å². The number of aryl methyl sites for hydroxylation is 2. The normalized spacial score (nSPS) is 12.7. The molecule has 7 nitrogen and oxygen atoms in total. The summed E-state index contributed by atoms with van der Waals surface area (Å²) in [6.45, 7) is 7.48. The van der Waals surface area contributed by atoms with E-state index >= 15 is 0 Å². The van der Waals surface area contributed by atoms with Crippen LogP contribution in [-0.4, -0.2) is 36.4 Å². The zero-order chi connectivity index (χ0) is 29.8. The second kappa shape index (κ2) is 10.6. The number of aromatic nitrogens is 4. The van der Waals surface area contributed by atoms with Crippen molar-refractivity contribution in [2.75, 3.05) is 0 Å². The van der Waals surface area contributed by atoms with Gasteiger partial charge in [-0.3, -0.25) is 9.67 Å². The number of benzene rings is 3. The van der Waals surface area contributed by atoms with E-state index in [2.05, 4.69) is 16.1 Å². The predicted octanol–water partition coefficient (Wildman–Crippen LogP) is 8.48. The minimum Gasteiger partial charge on any atom is -0.479 e. The molecule has 0 amide bonds. The maximum Gasteiger partial charge on any atom is 0.337 e. The summed E-state index contributed by atoms with van der Waals surface area (Å²) in [6.07, 6.45) is 2.47. The quantitative estimate of drug-likeness (QED) is 0.207. The van der Waals surface area contributed by atoms with E-state index in [1.54, 1.807) is 6.20 Å². The summed E-state index contributed by atoms with van der Waals surface area (Å²) in [5, 5.41) is 17.2. The monoisotopic (exact) mass is 596 g/mol. The topological polar surface area (TPSA) is 90.1 Å². The Hall–Kier alpha value is -4.11. The summed E-state index contributed by atoms with van der Waals surface area (Å²) in [6, 6.07) is 19.6. The fraction of sp³-hybridized carbons (Fsp3) is 0.212. The smallest absolute Gasteiger partial charge is 0.337 e. The Morgan fingerprint density at radius 3 is 2.48 bits per heavy atom. The Labute approximate surface area is 252 Å². The first-order valence-corrected chi connectivity index (χ1v) is 14.7. The van der Waals surface area contributed by atoms with Gasteiger partial charge in [0.05, 0.1) is 33.2 Å². The van der Waals surface area contributed by atoms with Crippen LogP contribution in [0.3, 0.4) is 0 Å². The number of hydrogen-bond donors (Lipinski definition) is 1. The van der Waals surface area contributed by atoms with Crippen molar-refractivity contribution < 1.29 is 14.6 Å². The van der Waals surface area contributed by atoms with Gasteiger partial charge in [-0.15, -0.1) is 11.3 Å². The largest absolute Gasteiger partial charge is 0.479 e. The average Bonchev–Trinajstić information content (AvgIpc) is 3.54. The van der Waals surface area contributed by atoms with E-state index in [-0.39, 0.29) is 0 Å². The summed E-state index contributed by atoms with van der Waals surface area (Å²) in [5.41, 5.74) is 6.92. The number of carbonyl (C=O) groups is 1. The predicted molar refractivity (Wildman–Crippen MR) is 169 cm³/mol. The van der Waals surface area contributed by atoms with Gasteiger partial charge in [-0.05, 0) is 75.2 Å². The van der Waals surface area contributed by atoms with Crippen molar-refractivity contribution in [1.82, 2.24) is 19.7 Å². The lowest BCUT2D eigenvalue weighted by Crippen LogP contribution is -2.28. The van der Waals surface area contributed by atoms with Crippen LogP contribution in [0.2, 0.25) is 5.02 Å². The molecule has 0 spiro atoms. The average molecular weight is 597 g/mol. The molecule has 6 rings (SSSR count). The van der Waals surface area contributed by atoms with Gasteiger partial charge in [0.25, 0.3) is 0 Å². The van der Waals surface area contributed by atoms with E-state index in [9.17, 15) is 9.90 Å². The maximum absolute atomic E-state index is 12.6. The molecule has 0 bridgehead atoms. The van der Waals surface area contributed by atoms with Crippen molar-refractivity contribution in [3.05, 3.63) is 89.2 Å². The number of aliphatic carboxylic acids is 1. The molecule has 0 aliphatic carbocycles. The number of fused-ring (bicyclic) bond motifs is 2. The van der Waals surface area contributed by atoms with Crippen molar-refractivity contribution in [3.8, 4) is 33.0 Å². The minimum atomic E-state index is -1.17. The highest BCUT2D eigenvalue weighted by Gasteiger charge is 2.32. The number of rotatable bonds is 6. The Morgan fingerprint density at radius 2 is 1.76 bits per heavy atom. The number of carboxylic acids is 1. The molecule has 0 saturated carbocycles. The number of pyridine rings is 1. The Bertz CT molecular complexity index is 1970. The van der Waals surface area contributed by atoms with Gasteiger partial charge in [-0.2, -0.15) is 5.10 Å². The third kappa shape index (κ3) is 5.29. The van der Waals surface area contributed by atoms with Crippen LogP contribution in [0.1, 0.15) is 38.0 Å². The fourth-order valence-corrected chi connectivity index (χ4v) is 6.43. The van der Waals surface area contributed by atoms with Gasteiger partial charge in [0.15, 0.2) is 6.10 Å². The van der Waals surface area contributed by atoms with E-state index in [0.29, 0.717) is 10.6 Å². The van der Waals surface area contributed by atoms with Crippen LogP contribution in [-0.2, 0) is 16.6 Å². The van der Waals surface area contributed by atoms with E-state index < -0.39 is 17.7 Å². The Kier molecular flexibility index (Phi) is 7.09. The maximum atomic E-state index is 12.6. The second-order valence-electron chi connectivity index (χ2n) is 11.3. The molecule has 0 fully saturated rings. The summed E-state index contributed by atoms with van der Waals surface area (Å²) < 4.78 is 8.86. The van der Waals surface area contributed by atoms with E-state index in [4.69, 9.17) is 21.3 Å². The molecule has 9 heteroatoms. The number of carboxylic acid groups (broad SMARTS) is 1. The van der Waals surface area contributed by atoms with Gasteiger partial charge in [0.1, 0.15) is 5.01 Å². The third-order valence-corrected chi connectivity index (χ3v) is 8.46. The van der Waals surface area contributed by atoms with E-state index in [1.165, 1.54) is 11.3 Å². The number of halogens is 1. The highest BCUT2D eigenvalue weighted by molar-refractivity contribution is 7.22. The van der Waals surface area contributed by atoms with Crippen LogP contribution >= 0.6 is 22.9 Å². The SMILES string of the molecule is Cc1cc2nc(-c3ccnc(-c4ccc5cnn(C)c5c4)c3)sc2c(-c2ccc(Cl)cc2)c1C(OC(C)(C)C)C(=O)O. The van der Waals surface area contributed by atoms with E-state index in [0.717, 1.165) is 59.6 Å². The first-order valence-electron chi connectivity index (χ1n) is 13.5. The summed E-state index contributed by atoms with van der Waals surface area (Å²) in [4.78, 5) is 22.3. The van der Waals surface area contributed by atoms with Crippen molar-refractivity contribution >= 4 is 50.0 Å². The number of thiazole rings is 1. The minimum absolute atomic E-state index is 0.601. The van der Waals surface area contributed by atoms with Crippen LogP contribution in [0.4, 0.5) is 0 Å². The second-order valence-corrected chi connectivity index (χ2v) is 12.7. The lowest BCUT2D eigenvalue weighted by Gasteiger charge is -2.28. The molecule has 0 aliphatic rings. The van der Waals surface area contributed by atoms with Crippen molar-refractivity contribution in [3.63, 3.8) is 0 Å². The van der Waals surface area contributed by atoms with Gasteiger partial charge < -0.3 is 9.84 Å². The molecule has 3 aromatic heterocycles. The van der Waals surface area contributed by atoms with E-state index in [1.807, 2.05) is 100 Å². The molecular weight excluding hydrogens is 568 g/mol. The van der Waals surface area contributed by atoms with Gasteiger partial charge in [0.2, 0.25) is 0 Å². The van der Waals surface area contributed by atoms with Crippen LogP contribution in [0.5, 0.6) is 0 Å². The fourth-order valence-electron chi connectivity index (χ4n) is 5.19. The highest BCUT2D eigenvalue weighted by Crippen LogP contribution is 2.44. The molecule has 0 saturated heterocycles. The van der Waals surface area contributed by atoms with Crippen LogP contribution < -0.4 is 0 Å². The third-order valence-electron chi connectivity index (χ3n) is 7.07. The molecule has 0 aliphatic heterocycles. The molecular formula is C33H29ClN4O3S. The molecule has 1 unspecified atom stereocenters. The van der Waals surface area contributed by atoms with Gasteiger partial charge in [-0.1, -0.05) is 35.9 Å². The summed E-state index contributed by atoms with van der Waals surface area (Å²) in [5.74, 6) is -1.04. The van der Waals surface area contributed by atoms with Crippen molar-refractivity contribution in [1.29, 1.82) is 0 Å². The number of nitrogens with zero attached hydrogens (tertiary/aromatic N) is 4. The van der Waals surface area contributed by atoms with Crippen LogP contribution in [0, 0.1) is 6.92 Å². The summed E-state index contributed by atoms with van der Waals surface area (Å²) in [7, 11) is 1.92. The lowest BCUT2D eigenvalue weighted by atomic mass is 9.91. The van der Waals surface area contributed by atoms with Gasteiger partial charge >= 0.3 is 5.97 Å². The van der Waals surface area contributed by atoms with Gasteiger partial charge in [-0.25, -0.2) is 9.78 Å². The Morgan fingerprint density at radius 1 is 1.02 bits per heavy atom. The lowest BCUT2D eigenvalue weighted by molar-refractivity contribution is -0.160. The highest BCUT2D eigenvalue weighted by atomic mass is 35.5. The Balaban J connectivity index is 1.53. The first kappa shape index (κ1) is 28.0. The molecule has 1 atom stereocenters. The zero-order valence-corrected chi connectivity index (χ0v) is 25.4. The molecule has 6 aromatic rings. The van der Waals surface area contributed by atoms with Crippen molar-refractivity contribution in [2.24, 2.45) is 7.05 Å². The molecule has 3 aromatic carbocycles. The standard InChI is InChI=1S/C33H29ClN4O3S/c1-18-14-25-30(28(19-8-10-23(34)11-9-19)27(18)29(32(39)40)41-33(2,3)4)42-31(37-25)21-12-13-35-24(15-21)20-6-7-22-17-36-38(5)26(22)16-20/h6-17,29H,1-5H3,(H,39,40). The number of ether oxygens (including phenoxy) is 1. The molecule has 1 N–H and O–H groups in total. The zero-order valence-electron chi connectivity index (χ0n) is 23.8. The number of hydrogen-bond acceptors (Lipinski definition) is 6. The summed E-state index contributed by atoms with van der Waals surface area (Å²) >= 11 is 7.75.